The first-order chi connectivity index (χ1) is 40.5. The number of unbranched alkanes of at least 4 members (excludes halogenated alkanes) is 45. The Balaban J connectivity index is 3.98. The maximum atomic E-state index is 12.9. The molecule has 0 saturated carbocycles. The summed E-state index contributed by atoms with van der Waals surface area (Å²) in [5, 5.41) is 0. The van der Waals surface area contributed by atoms with Gasteiger partial charge in [-0.25, -0.2) is 0 Å². The van der Waals surface area contributed by atoms with Crippen molar-refractivity contribution >= 4 is 19.8 Å². The lowest BCUT2D eigenvalue weighted by Crippen LogP contribution is -2.37. The topological polar surface area (TPSA) is 111 Å². The number of phosphoric ester groups is 1. The molecule has 0 heterocycles. The van der Waals surface area contributed by atoms with Crippen molar-refractivity contribution in [1.82, 2.24) is 0 Å². The summed E-state index contributed by atoms with van der Waals surface area (Å²) in [5.74, 6) is -0.813. The first kappa shape index (κ1) is 81.0. The standard InChI is InChI=1S/C73H138NO8P/c1-6-8-10-12-14-16-18-20-22-24-26-28-30-32-34-36-38-39-41-43-45-47-49-51-53-55-57-59-61-63-65-72(75)79-69-71(70-81-83(77,78)80-68-67-74(3,4)5)82-73(76)66-64-62-60-58-56-54-52-50-48-46-44-42-40-37-35-33-31-29-27-25-23-21-19-17-15-13-11-9-7-2/h9,11,15,17,21,23,27,29,71H,6-8,10,12-14,16,18-20,22,24-26,28,30-70H2,1-5H3/b11-9-,17-15-,23-21-,29-27-. The van der Waals surface area contributed by atoms with Crippen LogP contribution in [0.25, 0.3) is 0 Å². The summed E-state index contributed by atoms with van der Waals surface area (Å²) in [5.41, 5.74) is 0. The van der Waals surface area contributed by atoms with E-state index in [-0.39, 0.29) is 32.0 Å². The number of esters is 2. The molecule has 0 aliphatic heterocycles. The van der Waals surface area contributed by atoms with Crippen LogP contribution >= 0.6 is 7.82 Å². The van der Waals surface area contributed by atoms with Gasteiger partial charge in [-0.05, 0) is 51.4 Å². The molecule has 0 saturated heterocycles. The molecule has 0 N–H and O–H groups in total. The number of hydrogen-bond acceptors (Lipinski definition) is 8. The number of rotatable bonds is 67. The molecule has 0 fully saturated rings. The number of hydrogen-bond donors (Lipinski definition) is 0. The van der Waals surface area contributed by atoms with Crippen molar-refractivity contribution in [2.45, 2.75) is 360 Å². The van der Waals surface area contributed by atoms with Gasteiger partial charge in [-0.2, -0.15) is 0 Å². The predicted molar refractivity (Wildman–Crippen MR) is 356 cm³/mol. The zero-order valence-electron chi connectivity index (χ0n) is 55.7. The molecule has 488 valence electrons. The second kappa shape index (κ2) is 64.4. The lowest BCUT2D eigenvalue weighted by molar-refractivity contribution is -0.870. The number of ether oxygens (including phenoxy) is 2. The third kappa shape index (κ3) is 68.9. The highest BCUT2D eigenvalue weighted by Gasteiger charge is 2.22. The lowest BCUT2D eigenvalue weighted by Gasteiger charge is -2.28. The van der Waals surface area contributed by atoms with Gasteiger partial charge in [0.1, 0.15) is 19.8 Å². The van der Waals surface area contributed by atoms with E-state index in [9.17, 15) is 19.0 Å². The zero-order chi connectivity index (χ0) is 60.5. The highest BCUT2D eigenvalue weighted by molar-refractivity contribution is 7.45. The van der Waals surface area contributed by atoms with Crippen LogP contribution in [0.5, 0.6) is 0 Å². The summed E-state index contributed by atoms with van der Waals surface area (Å²) in [4.78, 5) is 38.1. The molecule has 0 aromatic rings. The van der Waals surface area contributed by atoms with E-state index in [1.54, 1.807) is 0 Å². The largest absolute Gasteiger partial charge is 0.756 e. The fraction of sp³-hybridized carbons (Fsp3) is 0.863. The fourth-order valence-corrected chi connectivity index (χ4v) is 11.4. The molecule has 10 heteroatoms. The van der Waals surface area contributed by atoms with Gasteiger partial charge in [-0.3, -0.25) is 14.2 Å². The van der Waals surface area contributed by atoms with Crippen LogP contribution in [-0.4, -0.2) is 70.0 Å². The molecule has 2 atom stereocenters. The van der Waals surface area contributed by atoms with E-state index < -0.39 is 26.5 Å². The van der Waals surface area contributed by atoms with Gasteiger partial charge in [0.15, 0.2) is 6.10 Å². The molecule has 0 radical (unpaired) electrons. The van der Waals surface area contributed by atoms with Gasteiger partial charge in [0.2, 0.25) is 0 Å². The Morgan fingerprint density at radius 3 is 1.02 bits per heavy atom. The van der Waals surface area contributed by atoms with E-state index >= 15 is 0 Å². The van der Waals surface area contributed by atoms with Gasteiger partial charge in [0, 0.05) is 12.8 Å². The number of carbonyl (C=O) groups excluding carboxylic acids is 2. The van der Waals surface area contributed by atoms with Crippen molar-refractivity contribution in [3.8, 4) is 0 Å². The van der Waals surface area contributed by atoms with E-state index in [1.165, 1.54) is 257 Å². The summed E-state index contributed by atoms with van der Waals surface area (Å²) in [6.07, 6.45) is 83.5. The minimum Gasteiger partial charge on any atom is -0.756 e. The Hall–Kier alpha value is -2.03. The molecule has 0 aliphatic rings. The molecule has 0 aliphatic carbocycles. The first-order valence-corrected chi connectivity index (χ1v) is 37.3. The van der Waals surface area contributed by atoms with Crippen molar-refractivity contribution < 1.29 is 42.1 Å². The average molecular weight is 1190 g/mol. The van der Waals surface area contributed by atoms with Crippen molar-refractivity contribution in [3.05, 3.63) is 48.6 Å². The van der Waals surface area contributed by atoms with Crippen LogP contribution < -0.4 is 4.89 Å². The van der Waals surface area contributed by atoms with Crippen LogP contribution in [0.2, 0.25) is 0 Å². The van der Waals surface area contributed by atoms with Gasteiger partial charge in [-0.1, -0.05) is 339 Å². The van der Waals surface area contributed by atoms with Gasteiger partial charge in [0.25, 0.3) is 7.82 Å². The van der Waals surface area contributed by atoms with Gasteiger partial charge in [-0.15, -0.1) is 0 Å². The number of likely N-dealkylation sites (N-methyl/N-ethyl adjacent to an activating group) is 1. The molecule has 0 aromatic heterocycles. The summed E-state index contributed by atoms with van der Waals surface area (Å²) in [6, 6.07) is 0. The number of carbonyl (C=O) groups is 2. The van der Waals surface area contributed by atoms with E-state index in [0.717, 1.165) is 64.2 Å². The maximum Gasteiger partial charge on any atom is 0.306 e. The molecule has 0 spiro atoms. The maximum absolute atomic E-state index is 12.9. The fourth-order valence-electron chi connectivity index (χ4n) is 10.7. The second-order valence-corrected chi connectivity index (χ2v) is 27.0. The summed E-state index contributed by atoms with van der Waals surface area (Å²) in [6.45, 7) is 4.20. The monoisotopic (exact) mass is 1190 g/mol. The van der Waals surface area contributed by atoms with Crippen molar-refractivity contribution in [3.63, 3.8) is 0 Å². The molecular weight excluding hydrogens is 1050 g/mol. The Morgan fingerprint density at radius 2 is 0.687 bits per heavy atom. The van der Waals surface area contributed by atoms with Crippen molar-refractivity contribution in [2.75, 3.05) is 47.5 Å². The Kier molecular flexibility index (Phi) is 62.9. The third-order valence-electron chi connectivity index (χ3n) is 16.1. The van der Waals surface area contributed by atoms with Crippen LogP contribution in [0.3, 0.4) is 0 Å². The molecule has 2 unspecified atom stereocenters. The van der Waals surface area contributed by atoms with Crippen molar-refractivity contribution in [2.24, 2.45) is 0 Å². The Morgan fingerprint density at radius 1 is 0.386 bits per heavy atom. The predicted octanol–water partition coefficient (Wildman–Crippen LogP) is 22.6. The molecule has 83 heavy (non-hydrogen) atoms. The minimum atomic E-state index is -4.64. The molecule has 0 bridgehead atoms. The number of phosphoric acid groups is 1. The molecular formula is C73H138NO8P. The highest BCUT2D eigenvalue weighted by atomic mass is 31.2. The van der Waals surface area contributed by atoms with Crippen LogP contribution in [0.15, 0.2) is 48.6 Å². The third-order valence-corrected chi connectivity index (χ3v) is 17.1. The van der Waals surface area contributed by atoms with Gasteiger partial charge < -0.3 is 27.9 Å². The number of allylic oxidation sites excluding steroid dienone is 8. The van der Waals surface area contributed by atoms with Gasteiger partial charge in [0.05, 0.1) is 27.7 Å². The molecule has 0 amide bonds. The number of nitrogens with zero attached hydrogens (tertiary/aromatic N) is 1. The Bertz CT molecular complexity index is 1540. The first-order valence-electron chi connectivity index (χ1n) is 35.8. The average Bonchev–Trinajstić information content (AvgIpc) is 3.49. The zero-order valence-corrected chi connectivity index (χ0v) is 56.6. The van der Waals surface area contributed by atoms with Crippen LogP contribution in [0.1, 0.15) is 354 Å². The summed E-state index contributed by atoms with van der Waals surface area (Å²) < 4.78 is 34.4. The van der Waals surface area contributed by atoms with Crippen LogP contribution in [0.4, 0.5) is 0 Å². The summed E-state index contributed by atoms with van der Waals surface area (Å²) >= 11 is 0. The quantitative estimate of drug-likeness (QED) is 0.0195. The smallest absolute Gasteiger partial charge is 0.306 e. The lowest BCUT2D eigenvalue weighted by atomic mass is 10.0. The van der Waals surface area contributed by atoms with E-state index in [0.29, 0.717) is 17.4 Å². The van der Waals surface area contributed by atoms with Crippen LogP contribution in [0, 0.1) is 0 Å². The SMILES string of the molecule is CC/C=C\C/C=C\C/C=C\C/C=C\CCCCCCCCCCCCCCCCCCC(=O)OC(COC(=O)CCCCCCCCCCCCCCCCCCCCCCCCCCCCCCCC)COP(=O)([O-])OCC[N+](C)(C)C. The Labute approximate surface area is 515 Å². The molecule has 0 rings (SSSR count). The van der Waals surface area contributed by atoms with E-state index in [1.807, 2.05) is 21.1 Å². The molecule has 0 aromatic carbocycles. The summed E-state index contributed by atoms with van der Waals surface area (Å²) in [7, 11) is 1.18. The van der Waals surface area contributed by atoms with E-state index in [4.69, 9.17) is 18.5 Å². The second-order valence-electron chi connectivity index (χ2n) is 25.6. The van der Waals surface area contributed by atoms with Crippen molar-refractivity contribution in [1.29, 1.82) is 0 Å². The van der Waals surface area contributed by atoms with E-state index in [2.05, 4.69) is 62.5 Å². The van der Waals surface area contributed by atoms with Crippen LogP contribution in [-0.2, 0) is 32.7 Å². The van der Waals surface area contributed by atoms with Gasteiger partial charge >= 0.3 is 11.9 Å². The number of quaternary nitrogens is 1. The normalized spacial score (nSPS) is 13.4. The molecule has 9 nitrogen and oxygen atoms in total. The minimum absolute atomic E-state index is 0.0288. The highest BCUT2D eigenvalue weighted by Crippen LogP contribution is 2.38.